The van der Waals surface area contributed by atoms with E-state index in [0.717, 1.165) is 17.0 Å². The zero-order valence-electron chi connectivity index (χ0n) is 13.7. The fraction of sp³-hybridized carbons (Fsp3) is 0.250. The Morgan fingerprint density at radius 1 is 1.28 bits per heavy atom. The molecule has 0 radical (unpaired) electrons. The van der Waals surface area contributed by atoms with E-state index in [4.69, 9.17) is 9.15 Å². The van der Waals surface area contributed by atoms with Gasteiger partial charge in [0, 0.05) is 5.38 Å². The number of nitrogens with one attached hydrogen (secondary N) is 1. The molecule has 7 nitrogen and oxygen atoms in total. The summed E-state index contributed by atoms with van der Waals surface area (Å²) in [6.45, 7) is 4.07. The maximum atomic E-state index is 11.9. The number of amides is 1. The highest BCUT2D eigenvalue weighted by molar-refractivity contribution is 7.99. The lowest BCUT2D eigenvalue weighted by Gasteiger charge is -2.02. The Morgan fingerprint density at radius 2 is 2.08 bits per heavy atom. The number of ether oxygens (including phenoxy) is 1. The van der Waals surface area contributed by atoms with Crippen LogP contribution in [0.15, 0.2) is 39.3 Å². The summed E-state index contributed by atoms with van der Waals surface area (Å²) in [5.74, 6) is 1.09. The monoisotopic (exact) mass is 376 g/mol. The first-order chi connectivity index (χ1) is 12.1. The van der Waals surface area contributed by atoms with Crippen LogP contribution < -0.4 is 10.1 Å². The quantitative estimate of drug-likeness (QED) is 0.632. The van der Waals surface area contributed by atoms with E-state index in [1.54, 1.807) is 0 Å². The second-order valence-electron chi connectivity index (χ2n) is 5.19. The van der Waals surface area contributed by atoms with Gasteiger partial charge < -0.3 is 14.5 Å². The van der Waals surface area contributed by atoms with Gasteiger partial charge in [0.05, 0.1) is 11.4 Å². The van der Waals surface area contributed by atoms with Gasteiger partial charge in [-0.3, -0.25) is 4.79 Å². The van der Waals surface area contributed by atoms with Crippen LogP contribution in [0, 0.1) is 13.8 Å². The minimum absolute atomic E-state index is 0.166. The van der Waals surface area contributed by atoms with E-state index in [2.05, 4.69) is 20.5 Å². The summed E-state index contributed by atoms with van der Waals surface area (Å²) >= 11 is 2.56. The van der Waals surface area contributed by atoms with E-state index in [9.17, 15) is 4.79 Å². The minimum atomic E-state index is -0.171. The van der Waals surface area contributed by atoms with Crippen LogP contribution in [0.25, 0.3) is 0 Å². The molecule has 25 heavy (non-hydrogen) atoms. The molecule has 0 aliphatic carbocycles. The van der Waals surface area contributed by atoms with Crippen molar-refractivity contribution in [3.05, 3.63) is 46.8 Å². The number of thioether (sulfide) groups is 1. The SMILES string of the molecule is Cc1ccc(OCc2nnc(SCC(=O)Nc3nc(C)cs3)o2)cc1. The normalized spacial score (nSPS) is 10.6. The second kappa shape index (κ2) is 8.13. The highest BCUT2D eigenvalue weighted by atomic mass is 32.2. The van der Waals surface area contributed by atoms with Crippen molar-refractivity contribution in [1.29, 1.82) is 0 Å². The third-order valence-electron chi connectivity index (χ3n) is 3.02. The van der Waals surface area contributed by atoms with Crippen LogP contribution in [0.3, 0.4) is 0 Å². The van der Waals surface area contributed by atoms with Crippen molar-refractivity contribution in [3.63, 3.8) is 0 Å². The number of benzene rings is 1. The number of carbonyl (C=O) groups is 1. The molecule has 2 aromatic heterocycles. The number of nitrogens with zero attached hydrogens (tertiary/aromatic N) is 3. The summed E-state index contributed by atoms with van der Waals surface area (Å²) in [5, 5.41) is 13.3. The smallest absolute Gasteiger partial charge is 0.277 e. The number of anilines is 1. The summed E-state index contributed by atoms with van der Waals surface area (Å²) in [4.78, 5) is 16.0. The van der Waals surface area contributed by atoms with E-state index in [1.807, 2.05) is 43.5 Å². The molecule has 1 N–H and O–H groups in total. The van der Waals surface area contributed by atoms with Gasteiger partial charge in [-0.25, -0.2) is 4.98 Å². The van der Waals surface area contributed by atoms with E-state index in [-0.39, 0.29) is 18.3 Å². The fourth-order valence-corrected chi connectivity index (χ4v) is 3.11. The van der Waals surface area contributed by atoms with E-state index in [1.165, 1.54) is 23.1 Å². The van der Waals surface area contributed by atoms with Crippen molar-refractivity contribution >= 4 is 34.1 Å². The number of thiazole rings is 1. The van der Waals surface area contributed by atoms with Crippen molar-refractivity contribution in [1.82, 2.24) is 15.2 Å². The van der Waals surface area contributed by atoms with Gasteiger partial charge in [-0.05, 0) is 26.0 Å². The minimum Gasteiger partial charge on any atom is -0.484 e. The lowest BCUT2D eigenvalue weighted by atomic mass is 10.2. The topological polar surface area (TPSA) is 90.1 Å². The van der Waals surface area contributed by atoms with Gasteiger partial charge >= 0.3 is 0 Å². The average molecular weight is 376 g/mol. The molecule has 0 unspecified atom stereocenters. The molecule has 2 heterocycles. The molecule has 0 aliphatic heterocycles. The van der Waals surface area contributed by atoms with Crippen molar-refractivity contribution in [2.75, 3.05) is 11.1 Å². The van der Waals surface area contributed by atoms with Crippen LogP contribution in [0.2, 0.25) is 0 Å². The highest BCUT2D eigenvalue weighted by Crippen LogP contribution is 2.19. The van der Waals surface area contributed by atoms with E-state index in [0.29, 0.717) is 16.2 Å². The van der Waals surface area contributed by atoms with Crippen LogP contribution >= 0.6 is 23.1 Å². The first-order valence-electron chi connectivity index (χ1n) is 7.45. The van der Waals surface area contributed by atoms with Crippen LogP contribution in [0.1, 0.15) is 17.1 Å². The molecule has 0 atom stereocenters. The van der Waals surface area contributed by atoms with Gasteiger partial charge in [0.1, 0.15) is 5.75 Å². The molecule has 1 amide bonds. The molecule has 0 spiro atoms. The molecule has 0 aliphatic rings. The van der Waals surface area contributed by atoms with Gasteiger partial charge in [-0.1, -0.05) is 29.5 Å². The van der Waals surface area contributed by atoms with Gasteiger partial charge in [0.15, 0.2) is 11.7 Å². The Labute approximate surface area is 152 Å². The van der Waals surface area contributed by atoms with Crippen LogP contribution in [-0.2, 0) is 11.4 Å². The summed E-state index contributed by atoms with van der Waals surface area (Å²) in [7, 11) is 0. The summed E-state index contributed by atoms with van der Waals surface area (Å²) in [5.41, 5.74) is 2.04. The van der Waals surface area contributed by atoms with Crippen molar-refractivity contribution < 1.29 is 13.9 Å². The third-order valence-corrected chi connectivity index (χ3v) is 4.72. The maximum Gasteiger partial charge on any atom is 0.277 e. The number of aryl methyl sites for hydroxylation is 2. The first kappa shape index (κ1) is 17.4. The largest absolute Gasteiger partial charge is 0.484 e. The Balaban J connectivity index is 1.44. The number of hydrogen-bond donors (Lipinski definition) is 1. The van der Waals surface area contributed by atoms with Gasteiger partial charge in [0.2, 0.25) is 5.91 Å². The molecule has 3 aromatic rings. The summed E-state index contributed by atoms with van der Waals surface area (Å²) in [6.07, 6.45) is 0. The number of rotatable bonds is 7. The standard InChI is InChI=1S/C16H16N4O3S2/c1-10-3-5-12(6-4-10)22-7-14-19-20-16(23-14)25-9-13(21)18-15-17-11(2)8-24-15/h3-6,8H,7,9H2,1-2H3,(H,17,18,21). The Kier molecular flexibility index (Phi) is 5.67. The molecule has 1 aromatic carbocycles. The zero-order valence-corrected chi connectivity index (χ0v) is 15.3. The van der Waals surface area contributed by atoms with Crippen molar-refractivity contribution in [2.24, 2.45) is 0 Å². The molecule has 0 bridgehead atoms. The Bertz CT molecular complexity index is 845. The Hall–Kier alpha value is -2.39. The molecule has 3 rings (SSSR count). The molecule has 130 valence electrons. The second-order valence-corrected chi connectivity index (χ2v) is 6.98. The van der Waals surface area contributed by atoms with Crippen LogP contribution in [0.5, 0.6) is 5.75 Å². The highest BCUT2D eigenvalue weighted by Gasteiger charge is 2.11. The average Bonchev–Trinajstić information content (AvgIpc) is 3.21. The lowest BCUT2D eigenvalue weighted by Crippen LogP contribution is -2.13. The van der Waals surface area contributed by atoms with E-state index >= 15 is 0 Å². The Morgan fingerprint density at radius 3 is 2.80 bits per heavy atom. The summed E-state index contributed by atoms with van der Waals surface area (Å²) in [6, 6.07) is 7.69. The molecular weight excluding hydrogens is 360 g/mol. The number of carbonyl (C=O) groups excluding carboxylic acids is 1. The van der Waals surface area contributed by atoms with Gasteiger partial charge in [-0.2, -0.15) is 0 Å². The third kappa shape index (κ3) is 5.30. The summed E-state index contributed by atoms with van der Waals surface area (Å²) < 4.78 is 11.0. The van der Waals surface area contributed by atoms with Crippen LogP contribution in [0.4, 0.5) is 5.13 Å². The first-order valence-corrected chi connectivity index (χ1v) is 9.31. The van der Waals surface area contributed by atoms with Crippen LogP contribution in [-0.4, -0.2) is 26.8 Å². The maximum absolute atomic E-state index is 11.9. The van der Waals surface area contributed by atoms with Gasteiger partial charge in [0.25, 0.3) is 11.1 Å². The fourth-order valence-electron chi connectivity index (χ4n) is 1.83. The van der Waals surface area contributed by atoms with Gasteiger partial charge in [-0.15, -0.1) is 21.5 Å². The molecular formula is C16H16N4O3S2. The molecule has 0 saturated heterocycles. The van der Waals surface area contributed by atoms with Crippen molar-refractivity contribution in [2.45, 2.75) is 25.7 Å². The zero-order chi connectivity index (χ0) is 17.6. The number of hydrogen-bond acceptors (Lipinski definition) is 8. The molecule has 9 heteroatoms. The molecule has 0 fully saturated rings. The lowest BCUT2D eigenvalue weighted by molar-refractivity contribution is -0.113. The van der Waals surface area contributed by atoms with E-state index < -0.39 is 0 Å². The molecule has 0 saturated carbocycles. The predicted octanol–water partition coefficient (Wildman–Crippen LogP) is 3.45. The van der Waals surface area contributed by atoms with Crippen molar-refractivity contribution in [3.8, 4) is 5.75 Å². The predicted molar refractivity (Wildman–Crippen MR) is 96.0 cm³/mol. The number of aromatic nitrogens is 3.